The highest BCUT2D eigenvalue weighted by Gasteiger charge is 2.17. The lowest BCUT2D eigenvalue weighted by molar-refractivity contribution is 0.354. The summed E-state index contributed by atoms with van der Waals surface area (Å²) in [5, 5.41) is 3.47. The molecular weight excluding hydrogens is 265 g/mol. The highest BCUT2D eigenvalue weighted by Crippen LogP contribution is 2.24. The lowest BCUT2D eigenvalue weighted by Gasteiger charge is -2.23. The van der Waals surface area contributed by atoms with Crippen LogP contribution in [-0.2, 0) is 6.42 Å². The van der Waals surface area contributed by atoms with Gasteiger partial charge in [0, 0.05) is 18.5 Å². The number of halogens is 1. The van der Waals surface area contributed by atoms with E-state index in [0.717, 1.165) is 48.7 Å². The van der Waals surface area contributed by atoms with Crippen molar-refractivity contribution in [3.8, 4) is 0 Å². The molecule has 0 radical (unpaired) electrons. The molecule has 1 N–H and O–H groups in total. The number of aromatic nitrogens is 2. The van der Waals surface area contributed by atoms with Gasteiger partial charge in [-0.25, -0.2) is 9.37 Å². The van der Waals surface area contributed by atoms with E-state index in [9.17, 15) is 4.39 Å². The molecule has 3 rings (SSSR count). The van der Waals surface area contributed by atoms with Crippen LogP contribution in [0.3, 0.4) is 0 Å². The highest BCUT2D eigenvalue weighted by atomic mass is 19.1. The fraction of sp³-hybridized carbons (Fsp3) is 0.588. The average Bonchev–Trinajstić information content (AvgIpc) is 2.83. The molecule has 2 aromatic rings. The largest absolute Gasteiger partial charge is 0.325 e. The number of nitrogens with zero attached hydrogens (tertiary/aromatic N) is 2. The number of rotatable bonds is 4. The zero-order valence-electron chi connectivity index (χ0n) is 12.9. The van der Waals surface area contributed by atoms with E-state index in [4.69, 9.17) is 0 Å². The van der Waals surface area contributed by atoms with Gasteiger partial charge in [0.15, 0.2) is 0 Å². The Bertz CT molecular complexity index is 612. The number of hydrogen-bond acceptors (Lipinski definition) is 2. The molecule has 1 aromatic carbocycles. The summed E-state index contributed by atoms with van der Waals surface area (Å²) in [7, 11) is 0. The summed E-state index contributed by atoms with van der Waals surface area (Å²) in [4.78, 5) is 4.68. The molecule has 0 spiro atoms. The third-order valence-corrected chi connectivity index (χ3v) is 4.42. The molecule has 1 atom stereocenters. The maximum atomic E-state index is 13.4. The van der Waals surface area contributed by atoms with Crippen LogP contribution in [0.15, 0.2) is 18.2 Å². The molecule has 114 valence electrons. The van der Waals surface area contributed by atoms with Gasteiger partial charge >= 0.3 is 0 Å². The molecule has 1 saturated heterocycles. The van der Waals surface area contributed by atoms with Crippen LogP contribution in [0.4, 0.5) is 4.39 Å². The molecule has 3 nitrogen and oxygen atoms in total. The van der Waals surface area contributed by atoms with E-state index in [1.807, 2.05) is 6.07 Å². The molecule has 2 heterocycles. The standard InChI is InChI=1S/C17H24FN3/c1-12(2)21-16-7-6-14(18)10-15(16)20-17(21)8-5-13-4-3-9-19-11-13/h6-7,10,12-13,19H,3-5,8-9,11H2,1-2H3. The predicted octanol–water partition coefficient (Wildman–Crippen LogP) is 3.69. The van der Waals surface area contributed by atoms with Crippen molar-refractivity contribution in [3.05, 3.63) is 29.8 Å². The summed E-state index contributed by atoms with van der Waals surface area (Å²) in [6.07, 6.45) is 4.71. The molecule has 1 aromatic heterocycles. The summed E-state index contributed by atoms with van der Waals surface area (Å²) in [5.74, 6) is 1.63. The summed E-state index contributed by atoms with van der Waals surface area (Å²) < 4.78 is 15.7. The van der Waals surface area contributed by atoms with Gasteiger partial charge in [0.1, 0.15) is 11.6 Å². The van der Waals surface area contributed by atoms with E-state index in [1.165, 1.54) is 18.9 Å². The first kappa shape index (κ1) is 14.5. The third-order valence-electron chi connectivity index (χ3n) is 4.42. The van der Waals surface area contributed by atoms with Crippen molar-refractivity contribution >= 4 is 11.0 Å². The van der Waals surface area contributed by atoms with E-state index < -0.39 is 0 Å². The van der Waals surface area contributed by atoms with Crippen molar-refractivity contribution in [2.24, 2.45) is 5.92 Å². The van der Waals surface area contributed by atoms with Crippen LogP contribution in [0.2, 0.25) is 0 Å². The van der Waals surface area contributed by atoms with Crippen molar-refractivity contribution in [2.45, 2.75) is 45.6 Å². The van der Waals surface area contributed by atoms with Gasteiger partial charge in [0.25, 0.3) is 0 Å². The van der Waals surface area contributed by atoms with E-state index in [2.05, 4.69) is 28.7 Å². The number of aryl methyl sites for hydroxylation is 1. The summed E-state index contributed by atoms with van der Waals surface area (Å²) in [6.45, 7) is 6.60. The topological polar surface area (TPSA) is 29.9 Å². The molecule has 4 heteroatoms. The van der Waals surface area contributed by atoms with E-state index >= 15 is 0 Å². The van der Waals surface area contributed by atoms with Crippen LogP contribution in [0, 0.1) is 11.7 Å². The number of fused-ring (bicyclic) bond motifs is 1. The Balaban J connectivity index is 1.84. The first-order valence-corrected chi connectivity index (χ1v) is 8.02. The van der Waals surface area contributed by atoms with Gasteiger partial charge in [-0.05, 0) is 64.3 Å². The van der Waals surface area contributed by atoms with Gasteiger partial charge in [-0.1, -0.05) is 0 Å². The van der Waals surface area contributed by atoms with Crippen LogP contribution in [0.1, 0.15) is 45.0 Å². The van der Waals surface area contributed by atoms with Crippen molar-refractivity contribution in [1.82, 2.24) is 14.9 Å². The number of piperidine rings is 1. The van der Waals surface area contributed by atoms with Crippen molar-refractivity contribution in [3.63, 3.8) is 0 Å². The molecule has 1 fully saturated rings. The first-order valence-electron chi connectivity index (χ1n) is 8.02. The van der Waals surface area contributed by atoms with Crippen LogP contribution < -0.4 is 5.32 Å². The van der Waals surface area contributed by atoms with Gasteiger partial charge in [-0.2, -0.15) is 0 Å². The van der Waals surface area contributed by atoms with Crippen molar-refractivity contribution in [2.75, 3.05) is 13.1 Å². The van der Waals surface area contributed by atoms with E-state index in [-0.39, 0.29) is 5.82 Å². The molecule has 0 aliphatic carbocycles. The summed E-state index contributed by atoms with van der Waals surface area (Å²) in [6, 6.07) is 5.26. The quantitative estimate of drug-likeness (QED) is 0.930. The minimum Gasteiger partial charge on any atom is -0.325 e. The Morgan fingerprint density at radius 1 is 1.43 bits per heavy atom. The van der Waals surface area contributed by atoms with Crippen LogP contribution >= 0.6 is 0 Å². The molecule has 0 bridgehead atoms. The fourth-order valence-electron chi connectivity index (χ4n) is 3.38. The maximum Gasteiger partial charge on any atom is 0.125 e. The zero-order valence-corrected chi connectivity index (χ0v) is 12.9. The van der Waals surface area contributed by atoms with Gasteiger partial charge in [0.2, 0.25) is 0 Å². The SMILES string of the molecule is CC(C)n1c(CCC2CCCNC2)nc2cc(F)ccc21. The Morgan fingerprint density at radius 3 is 3.00 bits per heavy atom. The van der Waals surface area contributed by atoms with Crippen molar-refractivity contribution < 1.29 is 4.39 Å². The Morgan fingerprint density at radius 2 is 2.29 bits per heavy atom. The lowest BCUT2D eigenvalue weighted by Crippen LogP contribution is -2.30. The maximum absolute atomic E-state index is 13.4. The Hall–Kier alpha value is -1.42. The number of benzene rings is 1. The zero-order chi connectivity index (χ0) is 14.8. The fourth-order valence-corrected chi connectivity index (χ4v) is 3.38. The van der Waals surface area contributed by atoms with Crippen LogP contribution in [-0.4, -0.2) is 22.6 Å². The third kappa shape index (κ3) is 3.10. The monoisotopic (exact) mass is 289 g/mol. The smallest absolute Gasteiger partial charge is 0.125 e. The second-order valence-corrected chi connectivity index (χ2v) is 6.38. The minimum absolute atomic E-state index is 0.209. The van der Waals surface area contributed by atoms with Crippen molar-refractivity contribution in [1.29, 1.82) is 0 Å². The molecule has 21 heavy (non-hydrogen) atoms. The van der Waals surface area contributed by atoms with E-state index in [1.54, 1.807) is 6.07 Å². The average molecular weight is 289 g/mol. The van der Waals surface area contributed by atoms with Crippen LogP contribution in [0.5, 0.6) is 0 Å². The van der Waals surface area contributed by atoms with Gasteiger partial charge in [-0.3, -0.25) is 0 Å². The first-order chi connectivity index (χ1) is 10.1. The summed E-state index contributed by atoms with van der Waals surface area (Å²) >= 11 is 0. The predicted molar refractivity (Wildman–Crippen MR) is 84.0 cm³/mol. The van der Waals surface area contributed by atoms with Gasteiger partial charge < -0.3 is 9.88 Å². The molecule has 0 saturated carbocycles. The molecular formula is C17H24FN3. The normalized spacial score (nSPS) is 19.5. The molecule has 1 unspecified atom stereocenters. The minimum atomic E-state index is -0.209. The van der Waals surface area contributed by atoms with Gasteiger partial charge in [-0.15, -0.1) is 0 Å². The summed E-state index contributed by atoms with van der Waals surface area (Å²) in [5.41, 5.74) is 1.82. The Kier molecular flexibility index (Phi) is 4.24. The molecule has 0 amide bonds. The number of nitrogens with one attached hydrogen (secondary N) is 1. The van der Waals surface area contributed by atoms with Gasteiger partial charge in [0.05, 0.1) is 11.0 Å². The molecule has 1 aliphatic heterocycles. The molecule has 1 aliphatic rings. The highest BCUT2D eigenvalue weighted by molar-refractivity contribution is 5.76. The Labute approximate surface area is 125 Å². The lowest BCUT2D eigenvalue weighted by atomic mass is 9.94. The number of imidazole rings is 1. The second-order valence-electron chi connectivity index (χ2n) is 6.38. The van der Waals surface area contributed by atoms with E-state index in [0.29, 0.717) is 6.04 Å². The second kappa shape index (κ2) is 6.14. The number of hydrogen-bond donors (Lipinski definition) is 1. The van der Waals surface area contributed by atoms with Crippen LogP contribution in [0.25, 0.3) is 11.0 Å².